The van der Waals surface area contributed by atoms with Crippen molar-refractivity contribution in [3.05, 3.63) is 24.3 Å². The lowest BCUT2D eigenvalue weighted by Crippen LogP contribution is -2.37. The number of allylic oxidation sites excluding steroid dienone is 3. The summed E-state index contributed by atoms with van der Waals surface area (Å²) in [6.45, 7) is 9.04. The summed E-state index contributed by atoms with van der Waals surface area (Å²) in [5.74, 6) is 3.14. The summed E-state index contributed by atoms with van der Waals surface area (Å²) in [5.41, 5.74) is 7.93. The Morgan fingerprint density at radius 2 is 2.30 bits per heavy atom. The molecule has 2 nitrogen and oxygen atoms in total. The van der Waals surface area contributed by atoms with Crippen molar-refractivity contribution < 1.29 is 4.79 Å². The smallest absolute Gasteiger partial charge is 0.137 e. The van der Waals surface area contributed by atoms with E-state index in [1.165, 1.54) is 18.4 Å². The molecule has 0 aliphatic heterocycles. The summed E-state index contributed by atoms with van der Waals surface area (Å²) in [4.78, 5) is 11.3. The number of rotatable bonds is 2. The SMILES string of the molecule is C=C1C[C@H]2C=C[C@]3(C[C@@H](C)C[C@H]13)[C@H]1[C@@H]2[C@]1(C)[C@H](N)C=O. The molecule has 0 unspecified atom stereocenters. The summed E-state index contributed by atoms with van der Waals surface area (Å²) >= 11 is 0. The van der Waals surface area contributed by atoms with Crippen LogP contribution in [0.15, 0.2) is 24.3 Å². The zero-order valence-electron chi connectivity index (χ0n) is 12.5. The third-order valence-corrected chi connectivity index (χ3v) is 7.18. The maximum atomic E-state index is 11.3. The Balaban J connectivity index is 1.83. The van der Waals surface area contributed by atoms with E-state index in [1.54, 1.807) is 0 Å². The number of aldehydes is 1. The predicted octanol–water partition coefficient (Wildman–Crippen LogP) is 2.94. The van der Waals surface area contributed by atoms with Crippen LogP contribution in [0, 0.1) is 40.4 Å². The highest BCUT2D eigenvalue weighted by Gasteiger charge is 2.76. The van der Waals surface area contributed by atoms with Crippen molar-refractivity contribution in [3.8, 4) is 0 Å². The first-order chi connectivity index (χ1) is 9.45. The summed E-state index contributed by atoms with van der Waals surface area (Å²) in [6, 6.07) is -0.306. The van der Waals surface area contributed by atoms with Gasteiger partial charge in [-0.05, 0) is 59.7 Å². The van der Waals surface area contributed by atoms with Gasteiger partial charge in [0.25, 0.3) is 0 Å². The molecule has 0 aromatic heterocycles. The van der Waals surface area contributed by atoms with Gasteiger partial charge in [0, 0.05) is 0 Å². The first-order valence-corrected chi connectivity index (χ1v) is 8.03. The Morgan fingerprint density at radius 1 is 1.55 bits per heavy atom. The minimum absolute atomic E-state index is 0.0128. The number of carbonyl (C=O) groups is 1. The molecule has 5 aliphatic carbocycles. The van der Waals surface area contributed by atoms with Crippen molar-refractivity contribution in [2.24, 2.45) is 46.2 Å². The average Bonchev–Trinajstić information content (AvgIpc) is 3.00. The fourth-order valence-electron chi connectivity index (χ4n) is 6.46. The third-order valence-electron chi connectivity index (χ3n) is 7.18. The molecule has 0 saturated heterocycles. The van der Waals surface area contributed by atoms with Gasteiger partial charge in [-0.15, -0.1) is 0 Å². The molecule has 2 heteroatoms. The summed E-state index contributed by atoms with van der Waals surface area (Å²) < 4.78 is 0. The normalized spacial score (nSPS) is 57.0. The number of fused-ring (bicyclic) bond motifs is 1. The first kappa shape index (κ1) is 12.8. The highest BCUT2D eigenvalue weighted by atomic mass is 16.1. The van der Waals surface area contributed by atoms with E-state index in [2.05, 4.69) is 32.6 Å². The monoisotopic (exact) mass is 271 g/mol. The van der Waals surface area contributed by atoms with Crippen molar-refractivity contribution in [2.45, 2.75) is 39.2 Å². The second kappa shape index (κ2) is 3.65. The first-order valence-electron chi connectivity index (χ1n) is 8.03. The maximum Gasteiger partial charge on any atom is 0.137 e. The maximum absolute atomic E-state index is 11.3. The second-order valence-electron chi connectivity index (χ2n) is 8.13. The van der Waals surface area contributed by atoms with E-state index in [0.717, 1.165) is 18.6 Å². The van der Waals surface area contributed by atoms with Gasteiger partial charge < -0.3 is 10.5 Å². The molecule has 0 heterocycles. The van der Waals surface area contributed by atoms with Gasteiger partial charge in [0.15, 0.2) is 0 Å². The molecule has 0 amide bonds. The van der Waals surface area contributed by atoms with Gasteiger partial charge in [0.1, 0.15) is 6.29 Å². The van der Waals surface area contributed by atoms with Crippen LogP contribution in [0.2, 0.25) is 0 Å². The number of carbonyl (C=O) groups excluding carboxylic acids is 1. The molecule has 0 aromatic carbocycles. The zero-order chi connectivity index (χ0) is 14.3. The predicted molar refractivity (Wildman–Crippen MR) is 79.8 cm³/mol. The summed E-state index contributed by atoms with van der Waals surface area (Å²) in [7, 11) is 0. The molecule has 8 atom stereocenters. The van der Waals surface area contributed by atoms with E-state index in [0.29, 0.717) is 23.7 Å². The molecular formula is C18H25NO. The molecule has 1 spiro atoms. The van der Waals surface area contributed by atoms with Gasteiger partial charge >= 0.3 is 0 Å². The van der Waals surface area contributed by atoms with Gasteiger partial charge in [0.2, 0.25) is 0 Å². The van der Waals surface area contributed by atoms with Crippen LogP contribution in [0.1, 0.15) is 33.1 Å². The van der Waals surface area contributed by atoms with E-state index in [4.69, 9.17) is 5.73 Å². The summed E-state index contributed by atoms with van der Waals surface area (Å²) in [5, 5.41) is 0. The molecule has 20 heavy (non-hydrogen) atoms. The third kappa shape index (κ3) is 1.23. The fourth-order valence-corrected chi connectivity index (χ4v) is 6.46. The van der Waals surface area contributed by atoms with Crippen LogP contribution in [0.25, 0.3) is 0 Å². The van der Waals surface area contributed by atoms with Crippen LogP contribution in [0.5, 0.6) is 0 Å². The lowest BCUT2D eigenvalue weighted by atomic mass is 9.68. The molecular weight excluding hydrogens is 246 g/mol. The molecule has 2 N–H and O–H groups in total. The van der Waals surface area contributed by atoms with Crippen molar-refractivity contribution >= 4 is 6.29 Å². The van der Waals surface area contributed by atoms with Gasteiger partial charge in [-0.25, -0.2) is 0 Å². The van der Waals surface area contributed by atoms with Crippen molar-refractivity contribution in [1.29, 1.82) is 0 Å². The largest absolute Gasteiger partial charge is 0.321 e. The molecule has 108 valence electrons. The van der Waals surface area contributed by atoms with Crippen molar-refractivity contribution in [1.82, 2.24) is 0 Å². The Bertz CT molecular complexity index is 524. The molecule has 3 saturated carbocycles. The van der Waals surface area contributed by atoms with E-state index in [9.17, 15) is 4.79 Å². The van der Waals surface area contributed by atoms with E-state index < -0.39 is 0 Å². The van der Waals surface area contributed by atoms with Crippen LogP contribution in [-0.4, -0.2) is 12.3 Å². The highest BCUT2D eigenvalue weighted by molar-refractivity contribution is 5.61. The van der Waals surface area contributed by atoms with E-state index in [-0.39, 0.29) is 16.9 Å². The summed E-state index contributed by atoms with van der Waals surface area (Å²) in [6.07, 6.45) is 9.56. The second-order valence-corrected chi connectivity index (χ2v) is 8.13. The van der Waals surface area contributed by atoms with Crippen LogP contribution in [0.4, 0.5) is 0 Å². The lowest BCUT2D eigenvalue weighted by Gasteiger charge is -2.36. The number of hydrogen-bond acceptors (Lipinski definition) is 2. The molecule has 5 aliphatic rings. The molecule has 0 aromatic rings. The lowest BCUT2D eigenvalue weighted by molar-refractivity contribution is -0.110. The van der Waals surface area contributed by atoms with Gasteiger partial charge in [-0.1, -0.05) is 38.2 Å². The van der Waals surface area contributed by atoms with Crippen molar-refractivity contribution in [3.63, 3.8) is 0 Å². The Kier molecular flexibility index (Phi) is 2.34. The van der Waals surface area contributed by atoms with E-state index in [1.807, 2.05) is 0 Å². The fraction of sp³-hybridized carbons (Fsp3) is 0.722. The minimum Gasteiger partial charge on any atom is -0.321 e. The average molecular weight is 271 g/mol. The van der Waals surface area contributed by atoms with Crippen LogP contribution >= 0.6 is 0 Å². The van der Waals surface area contributed by atoms with Gasteiger partial charge in [-0.3, -0.25) is 0 Å². The quantitative estimate of drug-likeness (QED) is 0.620. The van der Waals surface area contributed by atoms with Gasteiger partial charge in [-0.2, -0.15) is 0 Å². The van der Waals surface area contributed by atoms with Crippen LogP contribution in [-0.2, 0) is 4.79 Å². The van der Waals surface area contributed by atoms with Gasteiger partial charge in [0.05, 0.1) is 6.04 Å². The Hall–Kier alpha value is -0.890. The Labute approximate surface area is 121 Å². The van der Waals surface area contributed by atoms with E-state index >= 15 is 0 Å². The minimum atomic E-state index is -0.306. The van der Waals surface area contributed by atoms with Crippen LogP contribution in [0.3, 0.4) is 0 Å². The molecule has 5 rings (SSSR count). The van der Waals surface area contributed by atoms with Crippen LogP contribution < -0.4 is 5.73 Å². The topological polar surface area (TPSA) is 43.1 Å². The zero-order valence-corrected chi connectivity index (χ0v) is 12.5. The Morgan fingerprint density at radius 3 is 3.00 bits per heavy atom. The molecule has 2 bridgehead atoms. The standard InChI is InChI=1S/C18H25NO/c1-10-6-13-11(2)7-12-4-5-18(13,8-10)16-15(12)17(16,3)14(19)9-20/h4-5,9-10,12-16H,2,6-8,19H2,1,3H3/t10-,12+,13+,14+,15+,16-,17-,18+/m0/s1. The number of nitrogens with two attached hydrogens (primary N) is 1. The number of hydrogen-bond donors (Lipinski definition) is 1. The van der Waals surface area contributed by atoms with Crippen molar-refractivity contribution in [2.75, 3.05) is 0 Å². The highest BCUT2D eigenvalue weighted by Crippen LogP contribution is 2.79. The molecule has 3 fully saturated rings. The molecule has 0 radical (unpaired) electrons.